The lowest BCUT2D eigenvalue weighted by Gasteiger charge is -2.13. The molecular weight excluding hydrogens is 430 g/mol. The highest BCUT2D eigenvalue weighted by atomic mass is 35.5. The van der Waals surface area contributed by atoms with Crippen LogP contribution in [0, 0.1) is 5.82 Å². The fraction of sp³-hybridized carbons (Fsp3) is 0.0909. The molecule has 0 spiro atoms. The minimum Gasteiger partial charge on any atom is -0.493 e. The molecule has 0 bridgehead atoms. The predicted molar refractivity (Wildman–Crippen MR) is 115 cm³/mol. The number of hydrogen-bond donors (Lipinski definition) is 1. The van der Waals surface area contributed by atoms with Crippen molar-refractivity contribution in [1.82, 2.24) is 5.43 Å². The summed E-state index contributed by atoms with van der Waals surface area (Å²) in [5, 5.41) is 4.73. The first-order valence-electron chi connectivity index (χ1n) is 8.80. The van der Waals surface area contributed by atoms with Crippen molar-refractivity contribution >= 4 is 35.3 Å². The van der Waals surface area contributed by atoms with Crippen LogP contribution in [-0.4, -0.2) is 19.2 Å². The predicted octanol–water partition coefficient (Wildman–Crippen LogP) is 5.48. The van der Waals surface area contributed by atoms with Crippen molar-refractivity contribution in [2.45, 2.75) is 6.61 Å². The fourth-order valence-electron chi connectivity index (χ4n) is 2.55. The van der Waals surface area contributed by atoms with Gasteiger partial charge in [-0.05, 0) is 48.0 Å². The molecule has 3 aromatic carbocycles. The molecule has 0 aromatic heterocycles. The summed E-state index contributed by atoms with van der Waals surface area (Å²) in [4.78, 5) is 12.1. The lowest BCUT2D eigenvalue weighted by atomic mass is 10.2. The molecule has 8 heteroatoms. The van der Waals surface area contributed by atoms with Crippen LogP contribution >= 0.6 is 23.2 Å². The van der Waals surface area contributed by atoms with Crippen molar-refractivity contribution in [3.8, 4) is 11.5 Å². The van der Waals surface area contributed by atoms with Crippen LogP contribution in [0.2, 0.25) is 10.0 Å². The second-order valence-electron chi connectivity index (χ2n) is 6.12. The molecular formula is C22H17Cl2FN2O3. The van der Waals surface area contributed by atoms with E-state index in [1.807, 2.05) is 0 Å². The SMILES string of the molecule is COc1cc(/C=N\NC(=O)c2ccc(Cl)cc2)cc(Cl)c1OCc1ccccc1F. The molecule has 0 aliphatic heterocycles. The quantitative estimate of drug-likeness (QED) is 0.385. The maximum atomic E-state index is 13.8. The van der Waals surface area contributed by atoms with Crippen LogP contribution in [0.5, 0.6) is 11.5 Å². The number of hydrogen-bond acceptors (Lipinski definition) is 4. The Kier molecular flexibility index (Phi) is 7.27. The first kappa shape index (κ1) is 21.6. The van der Waals surface area contributed by atoms with E-state index in [1.54, 1.807) is 54.6 Å². The number of halogens is 3. The van der Waals surface area contributed by atoms with Crippen molar-refractivity contribution in [3.05, 3.63) is 93.2 Å². The van der Waals surface area contributed by atoms with Crippen molar-refractivity contribution in [2.24, 2.45) is 5.10 Å². The summed E-state index contributed by atoms with van der Waals surface area (Å²) < 4.78 is 24.8. The third-order valence-electron chi connectivity index (χ3n) is 4.07. The van der Waals surface area contributed by atoms with Gasteiger partial charge in [0.05, 0.1) is 18.3 Å². The molecule has 3 aromatic rings. The molecule has 0 radical (unpaired) electrons. The van der Waals surface area contributed by atoms with E-state index in [9.17, 15) is 9.18 Å². The minimum atomic E-state index is -0.384. The van der Waals surface area contributed by atoms with Gasteiger partial charge >= 0.3 is 0 Å². The van der Waals surface area contributed by atoms with E-state index in [-0.39, 0.29) is 29.1 Å². The van der Waals surface area contributed by atoms with E-state index in [0.717, 1.165) is 0 Å². The second kappa shape index (κ2) is 10.1. The topological polar surface area (TPSA) is 59.9 Å². The van der Waals surface area contributed by atoms with Crippen molar-refractivity contribution in [2.75, 3.05) is 7.11 Å². The number of rotatable bonds is 7. The van der Waals surface area contributed by atoms with E-state index in [1.165, 1.54) is 19.4 Å². The van der Waals surface area contributed by atoms with Crippen LogP contribution in [0.3, 0.4) is 0 Å². The number of hydrazone groups is 1. The number of carbonyl (C=O) groups is 1. The molecule has 0 saturated carbocycles. The molecule has 1 amide bonds. The Balaban J connectivity index is 1.70. The lowest BCUT2D eigenvalue weighted by molar-refractivity contribution is 0.0955. The fourth-order valence-corrected chi connectivity index (χ4v) is 2.95. The summed E-state index contributed by atoms with van der Waals surface area (Å²) in [6.45, 7) is -0.00661. The highest BCUT2D eigenvalue weighted by Gasteiger charge is 2.13. The Morgan fingerprint density at radius 1 is 1.13 bits per heavy atom. The van der Waals surface area contributed by atoms with Crippen LogP contribution in [-0.2, 0) is 6.61 Å². The molecule has 0 atom stereocenters. The average Bonchev–Trinajstić information content (AvgIpc) is 2.74. The van der Waals surface area contributed by atoms with Gasteiger partial charge in [0, 0.05) is 16.1 Å². The molecule has 0 aliphatic rings. The Labute approximate surface area is 183 Å². The van der Waals surface area contributed by atoms with Crippen LogP contribution in [0.1, 0.15) is 21.5 Å². The van der Waals surface area contributed by atoms with Gasteiger partial charge in [0.25, 0.3) is 5.91 Å². The van der Waals surface area contributed by atoms with Crippen LogP contribution < -0.4 is 14.9 Å². The first-order chi connectivity index (χ1) is 14.5. The number of amides is 1. The normalized spacial score (nSPS) is 10.8. The maximum absolute atomic E-state index is 13.8. The molecule has 30 heavy (non-hydrogen) atoms. The van der Waals surface area contributed by atoms with Crippen LogP contribution in [0.25, 0.3) is 0 Å². The van der Waals surface area contributed by atoms with Gasteiger partial charge in [0.2, 0.25) is 0 Å². The summed E-state index contributed by atoms with van der Waals surface area (Å²) in [5.74, 6) is -0.118. The molecule has 0 heterocycles. The molecule has 0 saturated heterocycles. The smallest absolute Gasteiger partial charge is 0.271 e. The highest BCUT2D eigenvalue weighted by Crippen LogP contribution is 2.36. The third-order valence-corrected chi connectivity index (χ3v) is 4.60. The number of methoxy groups -OCH3 is 1. The van der Waals surface area contributed by atoms with Crippen LogP contribution in [0.15, 0.2) is 65.8 Å². The van der Waals surface area contributed by atoms with Crippen molar-refractivity contribution in [3.63, 3.8) is 0 Å². The molecule has 3 rings (SSSR count). The van der Waals surface area contributed by atoms with Crippen LogP contribution in [0.4, 0.5) is 4.39 Å². The average molecular weight is 447 g/mol. The zero-order chi connectivity index (χ0) is 21.5. The summed E-state index contributed by atoms with van der Waals surface area (Å²) in [5.41, 5.74) is 3.81. The van der Waals surface area contributed by atoms with E-state index >= 15 is 0 Å². The molecule has 5 nitrogen and oxygen atoms in total. The van der Waals surface area contributed by atoms with Crippen molar-refractivity contribution in [1.29, 1.82) is 0 Å². The summed E-state index contributed by atoms with van der Waals surface area (Å²) in [6.07, 6.45) is 1.42. The number of carbonyl (C=O) groups excluding carboxylic acids is 1. The summed E-state index contributed by atoms with van der Waals surface area (Å²) in [7, 11) is 1.46. The molecule has 154 valence electrons. The van der Waals surface area contributed by atoms with Gasteiger partial charge in [-0.3, -0.25) is 4.79 Å². The van der Waals surface area contributed by atoms with Gasteiger partial charge in [-0.15, -0.1) is 0 Å². The second-order valence-corrected chi connectivity index (χ2v) is 6.96. The van der Waals surface area contributed by atoms with E-state index < -0.39 is 0 Å². The van der Waals surface area contributed by atoms with Gasteiger partial charge < -0.3 is 9.47 Å². The zero-order valence-corrected chi connectivity index (χ0v) is 17.4. The Hall–Kier alpha value is -3.09. The minimum absolute atomic E-state index is 0.00661. The summed E-state index contributed by atoms with van der Waals surface area (Å²) >= 11 is 12.1. The number of ether oxygens (including phenoxy) is 2. The van der Waals surface area contributed by atoms with Gasteiger partial charge in [-0.2, -0.15) is 5.10 Å². The summed E-state index contributed by atoms with van der Waals surface area (Å²) in [6, 6.07) is 16.0. The largest absolute Gasteiger partial charge is 0.493 e. The number of benzene rings is 3. The molecule has 0 unspecified atom stereocenters. The van der Waals surface area contributed by atoms with Gasteiger partial charge in [-0.1, -0.05) is 41.4 Å². The number of nitrogens with zero attached hydrogens (tertiary/aromatic N) is 1. The van der Waals surface area contributed by atoms with Crippen molar-refractivity contribution < 1.29 is 18.7 Å². The van der Waals surface area contributed by atoms with E-state index in [0.29, 0.717) is 27.5 Å². The Morgan fingerprint density at radius 3 is 2.57 bits per heavy atom. The van der Waals surface area contributed by atoms with E-state index in [2.05, 4.69) is 10.5 Å². The Morgan fingerprint density at radius 2 is 1.87 bits per heavy atom. The Bertz CT molecular complexity index is 1070. The van der Waals surface area contributed by atoms with Gasteiger partial charge in [0.15, 0.2) is 11.5 Å². The standard InChI is InChI=1S/C22H17Cl2FN2O3/c1-29-20-11-14(12-26-27-22(28)15-6-8-17(23)9-7-15)10-18(24)21(20)30-13-16-4-2-3-5-19(16)25/h2-12H,13H2,1H3,(H,27,28)/b26-12-. The third kappa shape index (κ3) is 5.49. The zero-order valence-electron chi connectivity index (χ0n) is 15.9. The first-order valence-corrected chi connectivity index (χ1v) is 9.56. The molecule has 0 aliphatic carbocycles. The monoisotopic (exact) mass is 446 g/mol. The highest BCUT2D eigenvalue weighted by molar-refractivity contribution is 6.32. The van der Waals surface area contributed by atoms with Gasteiger partial charge in [0.1, 0.15) is 12.4 Å². The number of nitrogens with one attached hydrogen (secondary N) is 1. The van der Waals surface area contributed by atoms with E-state index in [4.69, 9.17) is 32.7 Å². The van der Waals surface area contributed by atoms with Gasteiger partial charge in [-0.25, -0.2) is 9.82 Å². The molecule has 0 fully saturated rings. The molecule has 1 N–H and O–H groups in total. The lowest BCUT2D eigenvalue weighted by Crippen LogP contribution is -2.17. The maximum Gasteiger partial charge on any atom is 0.271 e.